The summed E-state index contributed by atoms with van der Waals surface area (Å²) in [6.07, 6.45) is 2.75. The fraction of sp³-hybridized carbons (Fsp3) is 0.632. The SMILES string of the molecule is Cc1nc2c(cnn2C(C)C)cc1C(=O)NCCCN1CCN(C)CC1. The molecule has 1 fully saturated rings. The minimum Gasteiger partial charge on any atom is -0.352 e. The van der Waals surface area contributed by atoms with Gasteiger partial charge in [0.2, 0.25) is 0 Å². The maximum absolute atomic E-state index is 12.5. The van der Waals surface area contributed by atoms with Crippen molar-refractivity contribution >= 4 is 16.9 Å². The molecule has 1 N–H and O–H groups in total. The lowest BCUT2D eigenvalue weighted by Gasteiger charge is -2.32. The van der Waals surface area contributed by atoms with Gasteiger partial charge < -0.3 is 15.1 Å². The lowest BCUT2D eigenvalue weighted by atomic mass is 10.1. The minimum atomic E-state index is -0.0485. The standard InChI is InChI=1S/C19H30N6O/c1-14(2)25-18-16(13-21-25)12-17(15(3)22-18)19(26)20-6-5-7-24-10-8-23(4)9-11-24/h12-14H,5-11H2,1-4H3,(H,20,26). The molecule has 0 spiro atoms. The van der Waals surface area contributed by atoms with Crippen molar-refractivity contribution in [2.24, 2.45) is 0 Å². The summed E-state index contributed by atoms with van der Waals surface area (Å²) in [4.78, 5) is 22.0. The Hall–Kier alpha value is -1.99. The molecule has 2 aromatic heterocycles. The van der Waals surface area contributed by atoms with E-state index in [-0.39, 0.29) is 11.9 Å². The topological polar surface area (TPSA) is 66.3 Å². The van der Waals surface area contributed by atoms with Gasteiger partial charge in [-0.05, 0) is 46.9 Å². The van der Waals surface area contributed by atoms with E-state index < -0.39 is 0 Å². The molecule has 1 aliphatic heterocycles. The predicted octanol–water partition coefficient (Wildman–Crippen LogP) is 1.69. The number of hydrogen-bond acceptors (Lipinski definition) is 5. The van der Waals surface area contributed by atoms with Crippen LogP contribution in [0.3, 0.4) is 0 Å². The second kappa shape index (κ2) is 8.14. The van der Waals surface area contributed by atoms with Crippen LogP contribution in [0.1, 0.15) is 42.4 Å². The molecule has 1 saturated heterocycles. The number of aryl methyl sites for hydroxylation is 1. The van der Waals surface area contributed by atoms with Crippen molar-refractivity contribution in [3.63, 3.8) is 0 Å². The second-order valence-electron chi connectivity index (χ2n) is 7.47. The maximum Gasteiger partial charge on any atom is 0.253 e. The van der Waals surface area contributed by atoms with Gasteiger partial charge in [-0.15, -0.1) is 0 Å². The number of fused-ring (bicyclic) bond motifs is 1. The number of nitrogens with one attached hydrogen (secondary N) is 1. The van der Waals surface area contributed by atoms with Gasteiger partial charge in [0.15, 0.2) is 5.65 Å². The van der Waals surface area contributed by atoms with Gasteiger partial charge in [-0.3, -0.25) is 4.79 Å². The summed E-state index contributed by atoms with van der Waals surface area (Å²) in [5, 5.41) is 8.33. The first-order chi connectivity index (χ1) is 12.5. The first-order valence-electron chi connectivity index (χ1n) is 9.49. The second-order valence-corrected chi connectivity index (χ2v) is 7.47. The molecule has 2 aromatic rings. The van der Waals surface area contributed by atoms with Crippen molar-refractivity contribution < 1.29 is 4.79 Å². The molecule has 0 saturated carbocycles. The number of amides is 1. The van der Waals surface area contributed by atoms with Gasteiger partial charge in [-0.1, -0.05) is 0 Å². The van der Waals surface area contributed by atoms with E-state index in [0.717, 1.165) is 55.9 Å². The lowest BCUT2D eigenvalue weighted by molar-refractivity contribution is 0.0948. The third kappa shape index (κ3) is 4.22. The molecule has 1 aliphatic rings. The van der Waals surface area contributed by atoms with E-state index in [1.807, 2.05) is 17.7 Å². The normalized spacial score (nSPS) is 16.5. The highest BCUT2D eigenvalue weighted by molar-refractivity contribution is 5.98. The van der Waals surface area contributed by atoms with E-state index in [2.05, 4.69) is 46.1 Å². The van der Waals surface area contributed by atoms with Gasteiger partial charge in [0, 0.05) is 44.2 Å². The van der Waals surface area contributed by atoms with Crippen molar-refractivity contribution in [2.45, 2.75) is 33.2 Å². The Bertz CT molecular complexity index is 761. The molecule has 0 atom stereocenters. The fourth-order valence-corrected chi connectivity index (χ4v) is 3.34. The van der Waals surface area contributed by atoms with Crippen LogP contribution in [0, 0.1) is 6.92 Å². The molecule has 7 nitrogen and oxygen atoms in total. The molecular weight excluding hydrogens is 328 g/mol. The Morgan fingerprint density at radius 3 is 2.69 bits per heavy atom. The summed E-state index contributed by atoms with van der Waals surface area (Å²) in [7, 11) is 2.16. The summed E-state index contributed by atoms with van der Waals surface area (Å²) in [6.45, 7) is 12.2. The quantitative estimate of drug-likeness (QED) is 0.796. The Kier molecular flexibility index (Phi) is 5.88. The first-order valence-corrected chi connectivity index (χ1v) is 9.49. The highest BCUT2D eigenvalue weighted by Crippen LogP contribution is 2.19. The third-order valence-corrected chi connectivity index (χ3v) is 5.03. The number of carbonyl (C=O) groups is 1. The zero-order valence-electron chi connectivity index (χ0n) is 16.3. The van der Waals surface area contributed by atoms with Crippen LogP contribution in [0.2, 0.25) is 0 Å². The monoisotopic (exact) mass is 358 g/mol. The van der Waals surface area contributed by atoms with E-state index in [9.17, 15) is 4.79 Å². The average molecular weight is 358 g/mol. The Morgan fingerprint density at radius 2 is 2.00 bits per heavy atom. The van der Waals surface area contributed by atoms with E-state index in [0.29, 0.717) is 12.1 Å². The predicted molar refractivity (Wildman–Crippen MR) is 104 cm³/mol. The molecule has 3 heterocycles. The number of pyridine rings is 1. The highest BCUT2D eigenvalue weighted by atomic mass is 16.1. The maximum atomic E-state index is 12.5. The van der Waals surface area contributed by atoms with Gasteiger partial charge in [-0.25, -0.2) is 9.67 Å². The summed E-state index contributed by atoms with van der Waals surface area (Å²) < 4.78 is 1.89. The number of likely N-dealkylation sites (N-methyl/N-ethyl adjacent to an activating group) is 1. The Morgan fingerprint density at radius 1 is 1.27 bits per heavy atom. The summed E-state index contributed by atoms with van der Waals surface area (Å²) >= 11 is 0. The Labute approximate surface area is 155 Å². The largest absolute Gasteiger partial charge is 0.352 e. The van der Waals surface area contributed by atoms with Crippen LogP contribution in [0.5, 0.6) is 0 Å². The number of rotatable bonds is 6. The number of piperazine rings is 1. The van der Waals surface area contributed by atoms with Crippen molar-refractivity contribution in [2.75, 3.05) is 46.3 Å². The summed E-state index contributed by atoms with van der Waals surface area (Å²) in [5.41, 5.74) is 2.22. The molecule has 3 rings (SSSR count). The third-order valence-electron chi connectivity index (χ3n) is 5.03. The van der Waals surface area contributed by atoms with Gasteiger partial charge in [0.1, 0.15) is 0 Å². The smallest absolute Gasteiger partial charge is 0.253 e. The van der Waals surface area contributed by atoms with Crippen LogP contribution < -0.4 is 5.32 Å². The molecule has 0 aromatic carbocycles. The number of nitrogens with zero attached hydrogens (tertiary/aromatic N) is 5. The van der Waals surface area contributed by atoms with E-state index in [1.165, 1.54) is 0 Å². The van der Waals surface area contributed by atoms with Crippen LogP contribution >= 0.6 is 0 Å². The number of hydrogen-bond donors (Lipinski definition) is 1. The Balaban J connectivity index is 1.55. The van der Waals surface area contributed by atoms with E-state index >= 15 is 0 Å². The zero-order valence-corrected chi connectivity index (χ0v) is 16.3. The van der Waals surface area contributed by atoms with Crippen LogP contribution in [0.25, 0.3) is 11.0 Å². The molecule has 1 amide bonds. The van der Waals surface area contributed by atoms with Gasteiger partial charge in [-0.2, -0.15) is 5.10 Å². The lowest BCUT2D eigenvalue weighted by Crippen LogP contribution is -2.45. The summed E-state index contributed by atoms with van der Waals surface area (Å²) in [6, 6.07) is 2.15. The van der Waals surface area contributed by atoms with E-state index in [1.54, 1.807) is 6.20 Å². The van der Waals surface area contributed by atoms with Crippen molar-refractivity contribution in [3.8, 4) is 0 Å². The number of aromatic nitrogens is 3. The molecule has 7 heteroatoms. The molecule has 0 bridgehead atoms. The van der Waals surface area contributed by atoms with Gasteiger partial charge in [0.25, 0.3) is 5.91 Å². The van der Waals surface area contributed by atoms with Crippen LogP contribution in [-0.2, 0) is 0 Å². The highest BCUT2D eigenvalue weighted by Gasteiger charge is 2.16. The van der Waals surface area contributed by atoms with Gasteiger partial charge in [0.05, 0.1) is 17.5 Å². The molecule has 0 aliphatic carbocycles. The van der Waals surface area contributed by atoms with E-state index in [4.69, 9.17) is 0 Å². The summed E-state index contributed by atoms with van der Waals surface area (Å²) in [5.74, 6) is -0.0485. The average Bonchev–Trinajstić information content (AvgIpc) is 3.02. The van der Waals surface area contributed by atoms with Crippen LogP contribution in [0.15, 0.2) is 12.3 Å². The number of carbonyl (C=O) groups excluding carboxylic acids is 1. The van der Waals surface area contributed by atoms with Gasteiger partial charge >= 0.3 is 0 Å². The zero-order chi connectivity index (χ0) is 18.7. The first kappa shape index (κ1) is 18.8. The van der Waals surface area contributed by atoms with Crippen LogP contribution in [-0.4, -0.2) is 76.8 Å². The minimum absolute atomic E-state index is 0.0485. The van der Waals surface area contributed by atoms with Crippen molar-refractivity contribution in [3.05, 3.63) is 23.5 Å². The fourth-order valence-electron chi connectivity index (χ4n) is 3.34. The van der Waals surface area contributed by atoms with Crippen molar-refractivity contribution in [1.82, 2.24) is 29.9 Å². The molecular formula is C19H30N6O. The molecule has 0 radical (unpaired) electrons. The molecule has 26 heavy (non-hydrogen) atoms. The molecule has 0 unspecified atom stereocenters. The van der Waals surface area contributed by atoms with Crippen molar-refractivity contribution in [1.29, 1.82) is 0 Å². The molecule has 142 valence electrons. The van der Waals surface area contributed by atoms with Crippen LogP contribution in [0.4, 0.5) is 0 Å².